The Morgan fingerprint density at radius 1 is 1.25 bits per heavy atom. The zero-order valence-electron chi connectivity index (χ0n) is 11.1. The highest BCUT2D eigenvalue weighted by Gasteiger charge is 2.40. The predicted molar refractivity (Wildman–Crippen MR) is 66.5 cm³/mol. The van der Waals surface area contributed by atoms with Gasteiger partial charge in [0.2, 0.25) is 0 Å². The van der Waals surface area contributed by atoms with E-state index in [0.29, 0.717) is 0 Å². The Kier molecular flexibility index (Phi) is 5.13. The van der Waals surface area contributed by atoms with E-state index in [2.05, 4.69) is 0 Å². The van der Waals surface area contributed by atoms with Crippen molar-refractivity contribution in [2.24, 2.45) is 0 Å². The number of carbonyl (C=O) groups excluding carboxylic acids is 1. The van der Waals surface area contributed by atoms with Crippen LogP contribution in [0, 0.1) is 0 Å². The minimum atomic E-state index is -4.55. The average Bonchev–Trinajstić information content (AvgIpc) is 2.37. The van der Waals surface area contributed by atoms with Crippen LogP contribution in [0.5, 0.6) is 0 Å². The van der Waals surface area contributed by atoms with Crippen molar-refractivity contribution in [1.29, 1.82) is 0 Å². The van der Waals surface area contributed by atoms with E-state index < -0.39 is 30.8 Å². The lowest BCUT2D eigenvalue weighted by molar-refractivity contribution is -0.137. The fourth-order valence-electron chi connectivity index (χ4n) is 1.81. The van der Waals surface area contributed by atoms with Crippen molar-refractivity contribution in [3.63, 3.8) is 0 Å². The second kappa shape index (κ2) is 6.08. The molecule has 0 aliphatic heterocycles. The maximum Gasteiger partial charge on any atom is 0.416 e. The van der Waals surface area contributed by atoms with Crippen molar-refractivity contribution < 1.29 is 31.6 Å². The van der Waals surface area contributed by atoms with Gasteiger partial charge in [0, 0.05) is 14.2 Å². The van der Waals surface area contributed by atoms with Gasteiger partial charge in [-0.25, -0.2) is 0 Å². The first-order valence-corrected chi connectivity index (χ1v) is 7.15. The van der Waals surface area contributed by atoms with Gasteiger partial charge in [0.05, 0.1) is 5.56 Å². The van der Waals surface area contributed by atoms with Gasteiger partial charge < -0.3 is 9.05 Å². The Morgan fingerprint density at radius 3 is 2.20 bits per heavy atom. The number of hydrogen-bond donors (Lipinski definition) is 0. The van der Waals surface area contributed by atoms with E-state index in [9.17, 15) is 22.5 Å². The van der Waals surface area contributed by atoms with Gasteiger partial charge in [-0.15, -0.1) is 0 Å². The molecule has 0 heterocycles. The quantitative estimate of drug-likeness (QED) is 0.776. The molecular weight excluding hydrogens is 296 g/mol. The predicted octanol–water partition coefficient (Wildman–Crippen LogP) is 3.82. The number of alkyl halides is 3. The van der Waals surface area contributed by atoms with Gasteiger partial charge >= 0.3 is 13.8 Å². The van der Waals surface area contributed by atoms with Crippen LogP contribution >= 0.6 is 7.60 Å². The summed E-state index contributed by atoms with van der Waals surface area (Å²) in [5.41, 5.74) is -2.38. The molecule has 1 rings (SSSR count). The van der Waals surface area contributed by atoms with Crippen molar-refractivity contribution in [2.75, 3.05) is 14.2 Å². The van der Waals surface area contributed by atoms with E-state index in [1.165, 1.54) is 6.07 Å². The van der Waals surface area contributed by atoms with Crippen molar-refractivity contribution >= 4 is 13.4 Å². The molecule has 1 aromatic carbocycles. The number of hydrogen-bond acceptors (Lipinski definition) is 4. The third kappa shape index (κ3) is 3.48. The summed E-state index contributed by atoms with van der Waals surface area (Å²) in [4.78, 5) is 11.7. The Balaban J connectivity index is 3.38. The van der Waals surface area contributed by atoms with Gasteiger partial charge in [-0.05, 0) is 18.6 Å². The molecule has 0 saturated heterocycles. The highest BCUT2D eigenvalue weighted by atomic mass is 31.2. The molecule has 0 aliphatic carbocycles. The van der Waals surface area contributed by atoms with Crippen LogP contribution in [0.4, 0.5) is 13.2 Å². The van der Waals surface area contributed by atoms with Crippen molar-refractivity contribution in [3.05, 3.63) is 35.4 Å². The van der Waals surface area contributed by atoms with Crippen LogP contribution in [0.25, 0.3) is 0 Å². The fraction of sp³-hybridized carbons (Fsp3) is 0.417. The second-order valence-electron chi connectivity index (χ2n) is 4.04. The lowest BCUT2D eigenvalue weighted by Crippen LogP contribution is -2.13. The van der Waals surface area contributed by atoms with Crippen LogP contribution in [0.1, 0.15) is 23.7 Å². The van der Waals surface area contributed by atoms with Gasteiger partial charge in [0.1, 0.15) is 11.4 Å². The van der Waals surface area contributed by atoms with E-state index in [-0.39, 0.29) is 5.56 Å². The van der Waals surface area contributed by atoms with Gasteiger partial charge in [0.15, 0.2) is 0 Å². The summed E-state index contributed by atoms with van der Waals surface area (Å²) >= 11 is 0. The number of ketones is 1. The number of carbonyl (C=O) groups is 1. The molecular formula is C12H14F3O4P. The molecule has 1 aromatic rings. The van der Waals surface area contributed by atoms with Crippen LogP contribution in [0.2, 0.25) is 0 Å². The fourth-order valence-corrected chi connectivity index (χ4v) is 3.35. The third-order valence-electron chi connectivity index (χ3n) is 2.74. The third-order valence-corrected chi connectivity index (χ3v) is 5.05. The minimum Gasteiger partial charge on any atom is -0.311 e. The molecule has 0 spiro atoms. The highest BCUT2D eigenvalue weighted by molar-refractivity contribution is 7.55. The molecule has 4 nitrogen and oxygen atoms in total. The summed E-state index contributed by atoms with van der Waals surface area (Å²) in [6, 6.07) is 4.07. The van der Waals surface area contributed by atoms with E-state index in [0.717, 1.165) is 39.3 Å². The molecule has 112 valence electrons. The Hall–Kier alpha value is -1.17. The van der Waals surface area contributed by atoms with Crippen molar-refractivity contribution in [1.82, 2.24) is 0 Å². The number of rotatable bonds is 5. The summed E-state index contributed by atoms with van der Waals surface area (Å²) < 4.78 is 59.8. The summed E-state index contributed by atoms with van der Waals surface area (Å²) in [5.74, 6) is -0.601. The lowest BCUT2D eigenvalue weighted by atomic mass is 10.1. The normalized spacial score (nSPS) is 14.1. The number of halogens is 3. The molecule has 0 aromatic heterocycles. The molecule has 0 radical (unpaired) electrons. The summed E-state index contributed by atoms with van der Waals surface area (Å²) in [6.45, 7) is 1.12. The van der Waals surface area contributed by atoms with Crippen molar-refractivity contribution in [3.8, 4) is 0 Å². The van der Waals surface area contributed by atoms with Crippen LogP contribution in [-0.4, -0.2) is 20.0 Å². The van der Waals surface area contributed by atoms with Crippen LogP contribution in [0.15, 0.2) is 24.3 Å². The maximum atomic E-state index is 12.7. The Bertz CT molecular complexity index is 534. The van der Waals surface area contributed by atoms with Crippen LogP contribution in [-0.2, 0) is 24.6 Å². The van der Waals surface area contributed by atoms with Gasteiger partial charge in [-0.3, -0.25) is 9.36 Å². The Morgan fingerprint density at radius 2 is 1.80 bits per heavy atom. The molecule has 0 saturated carbocycles. The first-order chi connectivity index (χ1) is 9.15. The lowest BCUT2D eigenvalue weighted by Gasteiger charge is -2.23. The summed E-state index contributed by atoms with van der Waals surface area (Å²) in [6.07, 6.45) is -4.55. The second-order valence-corrected chi connectivity index (χ2v) is 6.37. The molecule has 0 N–H and O–H groups in total. The van der Waals surface area contributed by atoms with Crippen LogP contribution < -0.4 is 0 Å². The Labute approximate surface area is 114 Å². The van der Waals surface area contributed by atoms with Crippen LogP contribution in [0.3, 0.4) is 0 Å². The molecule has 1 atom stereocenters. The SMILES string of the molecule is COP(=O)(OC)C(C(C)=O)c1cccc(C(F)(F)F)c1. The molecule has 8 heteroatoms. The number of Topliss-reactive ketones (excluding diaryl/α,β-unsaturated/α-hetero) is 1. The molecule has 1 unspecified atom stereocenters. The summed E-state index contributed by atoms with van der Waals surface area (Å²) in [7, 11) is -1.70. The molecule has 0 fully saturated rings. The summed E-state index contributed by atoms with van der Waals surface area (Å²) in [5, 5.41) is 0. The van der Waals surface area contributed by atoms with Gasteiger partial charge in [0.25, 0.3) is 0 Å². The molecule has 0 aliphatic rings. The monoisotopic (exact) mass is 310 g/mol. The molecule has 20 heavy (non-hydrogen) atoms. The van der Waals surface area contributed by atoms with E-state index >= 15 is 0 Å². The smallest absolute Gasteiger partial charge is 0.311 e. The number of benzene rings is 1. The van der Waals surface area contributed by atoms with E-state index in [1.54, 1.807) is 0 Å². The van der Waals surface area contributed by atoms with Crippen molar-refractivity contribution in [2.45, 2.75) is 18.8 Å². The highest BCUT2D eigenvalue weighted by Crippen LogP contribution is 2.60. The average molecular weight is 310 g/mol. The first-order valence-electron chi connectivity index (χ1n) is 5.54. The van der Waals surface area contributed by atoms with Gasteiger partial charge in [-0.2, -0.15) is 13.2 Å². The molecule has 0 amide bonds. The minimum absolute atomic E-state index is 0.0561. The zero-order chi connectivity index (χ0) is 15.6. The zero-order valence-corrected chi connectivity index (χ0v) is 12.0. The molecule has 0 bridgehead atoms. The van der Waals surface area contributed by atoms with E-state index in [1.807, 2.05) is 0 Å². The first kappa shape index (κ1) is 16.9. The topological polar surface area (TPSA) is 52.6 Å². The standard InChI is InChI=1S/C12H14F3O4P/c1-8(16)11(20(17,18-2)19-3)9-5-4-6-10(7-9)12(13,14)15/h4-7,11H,1-3H3. The van der Waals surface area contributed by atoms with Gasteiger partial charge in [-0.1, -0.05) is 18.2 Å². The van der Waals surface area contributed by atoms with E-state index in [4.69, 9.17) is 9.05 Å². The maximum absolute atomic E-state index is 12.7. The largest absolute Gasteiger partial charge is 0.416 e.